The summed E-state index contributed by atoms with van der Waals surface area (Å²) in [6, 6.07) is 2.05. The Morgan fingerprint density at radius 3 is 2.84 bits per heavy atom. The largest absolute Gasteiger partial charge is 0.437 e. The van der Waals surface area contributed by atoms with Gasteiger partial charge in [0.05, 0.1) is 24.8 Å². The Hall–Kier alpha value is -2.09. The molecule has 4 fully saturated rings. The van der Waals surface area contributed by atoms with Crippen LogP contribution in [0.4, 0.5) is 4.79 Å². The summed E-state index contributed by atoms with van der Waals surface area (Å²) in [5.41, 5.74) is 0.527. The molecule has 8 nitrogen and oxygen atoms in total. The summed E-state index contributed by atoms with van der Waals surface area (Å²) in [6.07, 6.45) is 3.74. The van der Waals surface area contributed by atoms with Crippen molar-refractivity contribution in [3.63, 3.8) is 0 Å². The number of amides is 2. The maximum absolute atomic E-state index is 12.3. The number of aromatic nitrogens is 2. The number of carbonyl (C=O) groups is 2. The molecule has 1 atom stereocenters. The van der Waals surface area contributed by atoms with Crippen LogP contribution in [0.15, 0.2) is 12.3 Å². The molecule has 1 spiro atoms. The Balaban J connectivity index is 1.28. The Morgan fingerprint density at radius 2 is 2.16 bits per heavy atom. The summed E-state index contributed by atoms with van der Waals surface area (Å²) in [6.45, 7) is 4.14. The number of rotatable bonds is 3. The molecule has 0 N–H and O–H groups in total. The number of aryl methyl sites for hydroxylation is 1. The van der Waals surface area contributed by atoms with Crippen molar-refractivity contribution in [2.75, 3.05) is 32.7 Å². The van der Waals surface area contributed by atoms with Crippen LogP contribution in [0, 0.1) is 5.92 Å². The number of likely N-dealkylation sites (tertiary alicyclic amines) is 1. The van der Waals surface area contributed by atoms with Gasteiger partial charge in [-0.25, -0.2) is 4.79 Å². The Morgan fingerprint density at radius 1 is 1.36 bits per heavy atom. The van der Waals surface area contributed by atoms with Gasteiger partial charge in [0.25, 0.3) is 0 Å². The molecule has 5 rings (SSSR count). The molecule has 3 saturated heterocycles. The van der Waals surface area contributed by atoms with E-state index < -0.39 is 5.60 Å². The van der Waals surface area contributed by atoms with Crippen LogP contribution in [0.3, 0.4) is 0 Å². The van der Waals surface area contributed by atoms with Crippen molar-refractivity contribution in [3.05, 3.63) is 18.0 Å². The van der Waals surface area contributed by atoms with Crippen LogP contribution in [0.25, 0.3) is 0 Å². The third kappa shape index (κ3) is 2.42. The topological polar surface area (TPSA) is 70.9 Å². The molecule has 3 aliphatic heterocycles. The predicted molar refractivity (Wildman–Crippen MR) is 87.5 cm³/mol. The van der Waals surface area contributed by atoms with Gasteiger partial charge >= 0.3 is 6.09 Å². The molecule has 8 heteroatoms. The lowest BCUT2D eigenvalue weighted by atomic mass is 9.84. The van der Waals surface area contributed by atoms with E-state index in [0.29, 0.717) is 19.6 Å². The molecular weight excluding hydrogens is 322 g/mol. The van der Waals surface area contributed by atoms with Crippen molar-refractivity contribution in [2.45, 2.75) is 31.0 Å². The molecule has 1 aromatic heterocycles. The fraction of sp³-hybridized carbons (Fsp3) is 0.706. The molecule has 1 aromatic rings. The van der Waals surface area contributed by atoms with Crippen molar-refractivity contribution >= 4 is 12.0 Å². The highest BCUT2D eigenvalue weighted by molar-refractivity contribution is 5.83. The molecule has 134 valence electrons. The summed E-state index contributed by atoms with van der Waals surface area (Å²) in [7, 11) is 1.92. The smallest absolute Gasteiger partial charge is 0.411 e. The van der Waals surface area contributed by atoms with Crippen molar-refractivity contribution < 1.29 is 14.3 Å². The molecule has 0 radical (unpaired) electrons. The fourth-order valence-corrected chi connectivity index (χ4v) is 4.35. The standard InChI is InChI=1S/C17H23N5O3/c1-19-5-4-13(18-19)8-20-6-7-22-14(9-20)17(25-16(22)24)10-21(11-17)15(23)12-2-3-12/h4-5,12,14H,2-3,6-11H2,1H3. The zero-order valence-electron chi connectivity index (χ0n) is 14.4. The lowest BCUT2D eigenvalue weighted by Crippen LogP contribution is -2.72. The highest BCUT2D eigenvalue weighted by Crippen LogP contribution is 2.42. The molecule has 4 aliphatic rings. The van der Waals surface area contributed by atoms with E-state index in [-0.39, 0.29) is 24.0 Å². The first-order valence-electron chi connectivity index (χ1n) is 9.03. The highest BCUT2D eigenvalue weighted by Gasteiger charge is 2.63. The quantitative estimate of drug-likeness (QED) is 0.774. The molecule has 1 unspecified atom stereocenters. The van der Waals surface area contributed by atoms with Crippen LogP contribution in [-0.4, -0.2) is 80.8 Å². The molecule has 0 aromatic carbocycles. The Bertz CT molecular complexity index is 722. The number of nitrogens with zero attached hydrogens (tertiary/aromatic N) is 5. The monoisotopic (exact) mass is 345 g/mol. The lowest BCUT2D eigenvalue weighted by molar-refractivity contribution is -0.157. The minimum atomic E-state index is -0.510. The molecule has 4 heterocycles. The van der Waals surface area contributed by atoms with Gasteiger partial charge in [-0.2, -0.15) is 5.10 Å². The Labute approximate surface area is 146 Å². The lowest BCUT2D eigenvalue weighted by Gasteiger charge is -2.51. The van der Waals surface area contributed by atoms with E-state index in [4.69, 9.17) is 4.74 Å². The summed E-state index contributed by atoms with van der Waals surface area (Å²) in [4.78, 5) is 30.6. The first-order valence-corrected chi connectivity index (χ1v) is 9.03. The van der Waals surface area contributed by atoms with E-state index in [1.54, 1.807) is 0 Å². The summed E-state index contributed by atoms with van der Waals surface area (Å²) >= 11 is 0. The van der Waals surface area contributed by atoms with Gasteiger partial charge in [-0.15, -0.1) is 0 Å². The van der Waals surface area contributed by atoms with Crippen LogP contribution in [0.2, 0.25) is 0 Å². The summed E-state index contributed by atoms with van der Waals surface area (Å²) in [5.74, 6) is 0.457. The number of hydrogen-bond acceptors (Lipinski definition) is 5. The van der Waals surface area contributed by atoms with Gasteiger partial charge in [-0.05, 0) is 18.9 Å². The van der Waals surface area contributed by atoms with Gasteiger partial charge in [-0.1, -0.05) is 0 Å². The second-order valence-corrected chi connectivity index (χ2v) is 7.83. The molecular formula is C17H23N5O3. The molecule has 2 amide bonds. The number of piperazine rings is 1. The first kappa shape index (κ1) is 15.2. The SMILES string of the molecule is Cn1ccc(CN2CCN3C(=O)OC4(CN(C(=O)C5CC5)C4)C3C2)n1. The van der Waals surface area contributed by atoms with E-state index in [1.165, 1.54) is 0 Å². The average molecular weight is 345 g/mol. The van der Waals surface area contributed by atoms with Gasteiger partial charge in [0.15, 0.2) is 5.60 Å². The predicted octanol–water partition coefficient (Wildman–Crippen LogP) is 0.0475. The molecule has 1 aliphatic carbocycles. The van der Waals surface area contributed by atoms with Crippen molar-refractivity contribution in [3.8, 4) is 0 Å². The molecule has 0 bridgehead atoms. The zero-order chi connectivity index (χ0) is 17.2. The highest BCUT2D eigenvalue weighted by atomic mass is 16.6. The second-order valence-electron chi connectivity index (χ2n) is 7.83. The summed E-state index contributed by atoms with van der Waals surface area (Å²) < 4.78 is 7.57. The fourth-order valence-electron chi connectivity index (χ4n) is 4.35. The van der Waals surface area contributed by atoms with Crippen LogP contribution in [0.5, 0.6) is 0 Å². The van der Waals surface area contributed by atoms with Crippen molar-refractivity contribution in [1.82, 2.24) is 24.5 Å². The first-order chi connectivity index (χ1) is 12.0. The minimum absolute atomic E-state index is 0.0284. The number of ether oxygens (including phenoxy) is 1. The van der Waals surface area contributed by atoms with Gasteiger partial charge in [0.2, 0.25) is 5.91 Å². The summed E-state index contributed by atoms with van der Waals surface area (Å²) in [5, 5.41) is 4.45. The zero-order valence-corrected chi connectivity index (χ0v) is 14.4. The second kappa shape index (κ2) is 5.20. The van der Waals surface area contributed by atoms with Crippen LogP contribution >= 0.6 is 0 Å². The van der Waals surface area contributed by atoms with Gasteiger partial charge in [0.1, 0.15) is 0 Å². The third-order valence-corrected chi connectivity index (χ3v) is 5.91. The minimum Gasteiger partial charge on any atom is -0.437 e. The van der Waals surface area contributed by atoms with E-state index in [9.17, 15) is 9.59 Å². The van der Waals surface area contributed by atoms with E-state index >= 15 is 0 Å². The maximum atomic E-state index is 12.3. The number of carbonyl (C=O) groups excluding carboxylic acids is 2. The average Bonchev–Trinajstić information content (AvgIpc) is 3.27. The number of hydrogen-bond donors (Lipinski definition) is 0. The Kier molecular flexibility index (Phi) is 3.16. The van der Waals surface area contributed by atoms with Crippen LogP contribution in [0.1, 0.15) is 18.5 Å². The molecule has 1 saturated carbocycles. The van der Waals surface area contributed by atoms with Crippen molar-refractivity contribution in [1.29, 1.82) is 0 Å². The third-order valence-electron chi connectivity index (χ3n) is 5.91. The van der Waals surface area contributed by atoms with E-state index in [1.807, 2.05) is 33.8 Å². The molecule has 25 heavy (non-hydrogen) atoms. The number of fused-ring (bicyclic) bond motifs is 2. The van der Waals surface area contributed by atoms with Gasteiger partial charge in [0, 0.05) is 45.3 Å². The van der Waals surface area contributed by atoms with Gasteiger partial charge < -0.3 is 9.64 Å². The maximum Gasteiger partial charge on any atom is 0.411 e. The van der Waals surface area contributed by atoms with E-state index in [0.717, 1.165) is 38.2 Å². The van der Waals surface area contributed by atoms with Gasteiger partial charge in [-0.3, -0.25) is 19.3 Å². The normalized spacial score (nSPS) is 28.0. The van der Waals surface area contributed by atoms with E-state index in [2.05, 4.69) is 10.00 Å². The van der Waals surface area contributed by atoms with Crippen LogP contribution in [-0.2, 0) is 23.1 Å². The van der Waals surface area contributed by atoms with Crippen molar-refractivity contribution in [2.24, 2.45) is 13.0 Å². The van der Waals surface area contributed by atoms with Crippen LogP contribution < -0.4 is 0 Å².